The highest BCUT2D eigenvalue weighted by Gasteiger charge is 1.88. The average Bonchev–Trinajstić information content (AvgIpc) is 1.19. The van der Waals surface area contributed by atoms with Crippen molar-refractivity contribution in [3.8, 4) is 0 Å². The fraction of sp³-hybridized carbons (Fsp3) is 1.00. The maximum absolute atomic E-state index is 8.48. The molecule has 58 valence electrons. The van der Waals surface area contributed by atoms with Gasteiger partial charge in [-0.2, -0.15) is 0 Å². The molecule has 0 rings (SSSR count). The molecule has 0 N–H and O–H groups in total. The predicted molar refractivity (Wildman–Crippen MR) is 30.9 cm³/mol. The van der Waals surface area contributed by atoms with Gasteiger partial charge in [0.25, 0.3) is 0 Å². The Kier molecular flexibility index (Phi) is 6.78. The standard InChI is InChI=1S/C4H12N.O3P/c1-5(2,3)4;1-4(2)3/h1-4H3;/q+1;-3. The molecule has 0 aromatic heterocycles. The lowest BCUT2D eigenvalue weighted by Crippen LogP contribution is -2.27. The lowest BCUT2D eigenvalue weighted by Gasteiger charge is -2.39. The van der Waals surface area contributed by atoms with Gasteiger partial charge in [0, 0.05) is 0 Å². The molecule has 0 aromatic carbocycles. The molecule has 0 aromatic rings. The third-order valence-corrected chi connectivity index (χ3v) is 0. The summed E-state index contributed by atoms with van der Waals surface area (Å²) in [6, 6.07) is 0. The number of quaternary nitrogens is 1. The normalized spacial score (nSPS) is 10.7. The quantitative estimate of drug-likeness (QED) is 0.288. The summed E-state index contributed by atoms with van der Waals surface area (Å²) in [6.45, 7) is 0. The SMILES string of the molecule is C[N+](C)(C)C.[O-]P([O-])[O-]. The van der Waals surface area contributed by atoms with E-state index in [9.17, 15) is 0 Å². The van der Waals surface area contributed by atoms with Crippen LogP contribution >= 0.6 is 8.60 Å². The third-order valence-electron chi connectivity index (χ3n) is 0. The van der Waals surface area contributed by atoms with Crippen molar-refractivity contribution in [3.05, 3.63) is 0 Å². The van der Waals surface area contributed by atoms with E-state index in [-0.39, 0.29) is 0 Å². The highest BCUT2D eigenvalue weighted by atomic mass is 31.2. The molecule has 0 radical (unpaired) electrons. The summed E-state index contributed by atoms with van der Waals surface area (Å²) in [5.41, 5.74) is 0. The molecular weight excluding hydrogens is 141 g/mol. The molecule has 0 saturated heterocycles. The summed E-state index contributed by atoms with van der Waals surface area (Å²) in [5.74, 6) is 0. The third kappa shape index (κ3) is 4460. The predicted octanol–water partition coefficient (Wildman–Crippen LogP) is -2.38. The minimum Gasteiger partial charge on any atom is -0.854 e. The summed E-state index contributed by atoms with van der Waals surface area (Å²) < 4.78 is 1.00. The van der Waals surface area contributed by atoms with Crippen molar-refractivity contribution in [1.29, 1.82) is 0 Å². The second-order valence-electron chi connectivity index (χ2n) is 2.91. The molecule has 0 aliphatic rings. The lowest BCUT2D eigenvalue weighted by molar-refractivity contribution is -0.849. The Bertz CT molecular complexity index is 52.6. The molecule has 0 aliphatic heterocycles. The molecule has 9 heavy (non-hydrogen) atoms. The molecule has 0 fully saturated rings. The molecule has 0 amide bonds. The van der Waals surface area contributed by atoms with Crippen LogP contribution in [0.4, 0.5) is 0 Å². The van der Waals surface area contributed by atoms with Crippen LogP contribution in [0.2, 0.25) is 0 Å². The lowest BCUT2D eigenvalue weighted by atomic mass is 10.8. The van der Waals surface area contributed by atoms with Gasteiger partial charge >= 0.3 is 0 Å². The average molecular weight is 153 g/mol. The van der Waals surface area contributed by atoms with E-state index in [0.717, 1.165) is 4.48 Å². The van der Waals surface area contributed by atoms with E-state index < -0.39 is 8.60 Å². The van der Waals surface area contributed by atoms with Gasteiger partial charge < -0.3 is 27.8 Å². The summed E-state index contributed by atoms with van der Waals surface area (Å²) in [7, 11) is 5.13. The van der Waals surface area contributed by atoms with E-state index in [4.69, 9.17) is 14.7 Å². The van der Waals surface area contributed by atoms with Gasteiger partial charge in [0.05, 0.1) is 28.2 Å². The van der Waals surface area contributed by atoms with E-state index in [1.54, 1.807) is 0 Å². The van der Waals surface area contributed by atoms with E-state index in [1.807, 2.05) is 0 Å². The summed E-state index contributed by atoms with van der Waals surface area (Å²) in [6.07, 6.45) is 0. The Balaban J connectivity index is 0. The van der Waals surface area contributed by atoms with Crippen molar-refractivity contribution in [2.24, 2.45) is 0 Å². The Hall–Kier alpha value is 0.270. The van der Waals surface area contributed by atoms with Gasteiger partial charge in [-0.15, -0.1) is 0 Å². The van der Waals surface area contributed by atoms with Gasteiger partial charge in [-0.1, -0.05) is 0 Å². The van der Waals surface area contributed by atoms with Crippen molar-refractivity contribution in [3.63, 3.8) is 0 Å². The van der Waals surface area contributed by atoms with Crippen molar-refractivity contribution in [2.75, 3.05) is 28.2 Å². The van der Waals surface area contributed by atoms with Gasteiger partial charge in [-0.25, -0.2) is 0 Å². The number of hydrogen-bond acceptors (Lipinski definition) is 3. The number of hydrogen-bond donors (Lipinski definition) is 0. The van der Waals surface area contributed by atoms with Crippen LogP contribution in [0, 0.1) is 0 Å². The van der Waals surface area contributed by atoms with Gasteiger partial charge in [-0.3, -0.25) is 0 Å². The molecule has 0 bridgehead atoms. The second kappa shape index (κ2) is 5.09. The second-order valence-corrected chi connectivity index (χ2v) is 3.35. The fourth-order valence-corrected chi connectivity index (χ4v) is 0. The number of rotatable bonds is 0. The summed E-state index contributed by atoms with van der Waals surface area (Å²) >= 11 is 0. The van der Waals surface area contributed by atoms with E-state index in [2.05, 4.69) is 28.2 Å². The molecule has 0 saturated carbocycles. The van der Waals surface area contributed by atoms with Gasteiger partial charge in [0.15, 0.2) is 0 Å². The van der Waals surface area contributed by atoms with Crippen LogP contribution in [0.25, 0.3) is 0 Å². The molecule has 5 heteroatoms. The van der Waals surface area contributed by atoms with Crippen LogP contribution in [0.5, 0.6) is 0 Å². The van der Waals surface area contributed by atoms with Crippen molar-refractivity contribution in [1.82, 2.24) is 0 Å². The first-order valence-electron chi connectivity index (χ1n) is 2.34. The molecule has 4 nitrogen and oxygen atoms in total. The maximum atomic E-state index is 8.48. The van der Waals surface area contributed by atoms with E-state index in [1.165, 1.54) is 0 Å². The van der Waals surface area contributed by atoms with Crippen molar-refractivity contribution in [2.45, 2.75) is 0 Å². The van der Waals surface area contributed by atoms with Crippen molar-refractivity contribution >= 4 is 8.60 Å². The Labute approximate surface area is 57.0 Å². The Morgan fingerprint density at radius 3 is 0.889 bits per heavy atom. The first-order chi connectivity index (χ1) is 3.73. The highest BCUT2D eigenvalue weighted by Crippen LogP contribution is 1.85. The highest BCUT2D eigenvalue weighted by molar-refractivity contribution is 7.33. The monoisotopic (exact) mass is 153 g/mol. The number of nitrogens with zero attached hydrogens (tertiary/aromatic N) is 1. The van der Waals surface area contributed by atoms with Crippen LogP contribution < -0.4 is 14.7 Å². The van der Waals surface area contributed by atoms with Crippen LogP contribution in [0.1, 0.15) is 0 Å². The minimum absolute atomic E-state index is 1.00. The topological polar surface area (TPSA) is 69.2 Å². The van der Waals surface area contributed by atoms with Crippen LogP contribution in [0.15, 0.2) is 0 Å². The van der Waals surface area contributed by atoms with Crippen LogP contribution in [-0.4, -0.2) is 32.7 Å². The van der Waals surface area contributed by atoms with Crippen LogP contribution in [0.3, 0.4) is 0 Å². The fourth-order valence-electron chi connectivity index (χ4n) is 0. The zero-order valence-corrected chi connectivity index (χ0v) is 7.01. The molecule has 0 atom stereocenters. The molecule has 0 unspecified atom stereocenters. The molecule has 0 aliphatic carbocycles. The van der Waals surface area contributed by atoms with E-state index >= 15 is 0 Å². The van der Waals surface area contributed by atoms with Gasteiger partial charge in [0.1, 0.15) is 0 Å². The maximum Gasteiger partial charge on any atom is 0.0675 e. The van der Waals surface area contributed by atoms with Gasteiger partial charge in [0.2, 0.25) is 0 Å². The molecule has 0 spiro atoms. The first kappa shape index (κ1) is 12.0. The molecule has 0 heterocycles. The zero-order chi connectivity index (χ0) is 8.08. The minimum atomic E-state index is -3.37. The Morgan fingerprint density at radius 1 is 0.889 bits per heavy atom. The zero-order valence-electron chi connectivity index (χ0n) is 6.12. The molecular formula is C4H12NO3P-2. The summed E-state index contributed by atoms with van der Waals surface area (Å²) in [5, 5.41) is 0. The van der Waals surface area contributed by atoms with E-state index in [0.29, 0.717) is 0 Å². The largest absolute Gasteiger partial charge is 0.854 e. The first-order valence-corrected chi connectivity index (χ1v) is 3.43. The van der Waals surface area contributed by atoms with Crippen molar-refractivity contribution < 1.29 is 19.2 Å². The smallest absolute Gasteiger partial charge is 0.0675 e. The van der Waals surface area contributed by atoms with Gasteiger partial charge in [-0.05, 0) is 0 Å². The van der Waals surface area contributed by atoms with Crippen LogP contribution in [-0.2, 0) is 0 Å². The summed E-state index contributed by atoms with van der Waals surface area (Å²) in [4.78, 5) is 25.4. The Morgan fingerprint density at radius 2 is 0.889 bits per heavy atom.